The van der Waals surface area contributed by atoms with Gasteiger partial charge in [-0.25, -0.2) is 0 Å². The number of allylic oxidation sites excluding steroid dienone is 1. The summed E-state index contributed by atoms with van der Waals surface area (Å²) in [6.45, 7) is 21.6. The number of ketones is 1. The number of carboxylic acids is 1. The Balaban J connectivity index is 1.22. The smallest absolute Gasteiger partial charge is 0.306 e. The molecule has 20 atom stereocenters. The van der Waals surface area contributed by atoms with Gasteiger partial charge in [-0.2, -0.15) is 0 Å². The molecule has 6 heterocycles. The Morgan fingerprint density at radius 1 is 0.850 bits per heavy atom. The van der Waals surface area contributed by atoms with E-state index in [9.17, 15) is 24.9 Å². The summed E-state index contributed by atoms with van der Waals surface area (Å²) in [5.41, 5.74) is -0.116. The van der Waals surface area contributed by atoms with Crippen molar-refractivity contribution in [3.05, 3.63) is 11.6 Å². The van der Waals surface area contributed by atoms with Crippen molar-refractivity contribution in [2.24, 2.45) is 47.3 Å². The van der Waals surface area contributed by atoms with Crippen LogP contribution in [0.5, 0.6) is 0 Å². The number of carboxylic acid groups (broad SMARTS) is 1. The van der Waals surface area contributed by atoms with Gasteiger partial charge in [-0.05, 0) is 77.2 Å². The number of carbonyl (C=O) groups is 2. The number of ether oxygens (including phenoxy) is 8. The molecule has 0 saturated carbocycles. The van der Waals surface area contributed by atoms with Gasteiger partial charge in [0.2, 0.25) is 0 Å². The molecular formula is C47H78O13. The quantitative estimate of drug-likeness (QED) is 0.160. The summed E-state index contributed by atoms with van der Waals surface area (Å²) in [6.07, 6.45) is 6.69. The number of methoxy groups -OCH3 is 1. The topological polar surface area (TPSA) is 169 Å². The summed E-state index contributed by atoms with van der Waals surface area (Å²) in [5, 5.41) is 30.7. The Bertz CT molecular complexity index is 1540. The van der Waals surface area contributed by atoms with Crippen LogP contribution in [0.1, 0.15) is 140 Å². The maximum Gasteiger partial charge on any atom is 0.306 e. The second-order valence-corrected chi connectivity index (χ2v) is 20.5. The lowest BCUT2D eigenvalue weighted by Crippen LogP contribution is -2.60. The molecule has 6 aliphatic heterocycles. The lowest BCUT2D eigenvalue weighted by molar-refractivity contribution is -0.382. The van der Waals surface area contributed by atoms with Gasteiger partial charge in [-0.1, -0.05) is 61.5 Å². The van der Waals surface area contributed by atoms with Crippen LogP contribution < -0.4 is 0 Å². The summed E-state index contributed by atoms with van der Waals surface area (Å²) in [7, 11) is 1.71. The lowest BCUT2D eigenvalue weighted by atomic mass is 9.78. The van der Waals surface area contributed by atoms with Gasteiger partial charge in [0.15, 0.2) is 29.4 Å². The third kappa shape index (κ3) is 9.33. The summed E-state index contributed by atoms with van der Waals surface area (Å²) in [5.74, 6) is -5.73. The Morgan fingerprint density at radius 2 is 1.57 bits per heavy atom. The van der Waals surface area contributed by atoms with Crippen LogP contribution in [0.2, 0.25) is 0 Å². The highest BCUT2D eigenvalue weighted by molar-refractivity contribution is 5.96. The van der Waals surface area contributed by atoms with Gasteiger partial charge in [0.05, 0.1) is 60.9 Å². The Kier molecular flexibility index (Phi) is 14.8. The fourth-order valence-corrected chi connectivity index (χ4v) is 11.7. The Labute approximate surface area is 358 Å². The van der Waals surface area contributed by atoms with E-state index in [0.29, 0.717) is 37.7 Å². The number of aliphatic hydroxyl groups excluding tert-OH is 1. The van der Waals surface area contributed by atoms with Crippen LogP contribution in [0.15, 0.2) is 11.6 Å². The van der Waals surface area contributed by atoms with E-state index in [0.717, 1.165) is 25.7 Å². The van der Waals surface area contributed by atoms with Crippen LogP contribution in [0, 0.1) is 47.3 Å². The first-order valence-electron chi connectivity index (χ1n) is 23.1. The molecular weight excluding hydrogens is 773 g/mol. The Morgan fingerprint density at radius 3 is 2.22 bits per heavy atom. The van der Waals surface area contributed by atoms with Crippen LogP contribution in [0.25, 0.3) is 0 Å². The molecule has 6 saturated heterocycles. The minimum absolute atomic E-state index is 0.0101. The van der Waals surface area contributed by atoms with Crippen molar-refractivity contribution in [2.75, 3.05) is 13.7 Å². The molecule has 344 valence electrons. The Hall–Kier alpha value is -1.52. The maximum atomic E-state index is 13.5. The number of aliphatic hydroxyl groups is 2. The molecule has 13 heteroatoms. The molecule has 6 aliphatic rings. The minimum Gasteiger partial charge on any atom is -0.481 e. The number of aliphatic carboxylic acids is 1. The van der Waals surface area contributed by atoms with E-state index in [2.05, 4.69) is 41.5 Å². The van der Waals surface area contributed by atoms with E-state index in [1.54, 1.807) is 21.0 Å². The third-order valence-electron chi connectivity index (χ3n) is 15.9. The molecule has 6 rings (SSSR count). The summed E-state index contributed by atoms with van der Waals surface area (Å²) >= 11 is 0. The van der Waals surface area contributed by atoms with Crippen molar-refractivity contribution in [1.29, 1.82) is 0 Å². The number of rotatable bonds is 13. The zero-order valence-electron chi connectivity index (χ0n) is 38.5. The zero-order chi connectivity index (χ0) is 44.1. The molecule has 0 bridgehead atoms. The molecule has 60 heavy (non-hydrogen) atoms. The molecule has 6 fully saturated rings. The van der Waals surface area contributed by atoms with Crippen molar-refractivity contribution in [1.82, 2.24) is 0 Å². The fraction of sp³-hybridized carbons (Fsp3) is 0.915. The van der Waals surface area contributed by atoms with Gasteiger partial charge in [0.25, 0.3) is 0 Å². The molecule has 2 spiro atoms. The molecule has 3 N–H and O–H groups in total. The van der Waals surface area contributed by atoms with Crippen LogP contribution in [0.3, 0.4) is 0 Å². The van der Waals surface area contributed by atoms with Crippen LogP contribution in [-0.2, 0) is 47.5 Å². The third-order valence-corrected chi connectivity index (χ3v) is 15.9. The lowest BCUT2D eigenvalue weighted by Gasteiger charge is -2.52. The molecule has 0 unspecified atom stereocenters. The highest BCUT2D eigenvalue weighted by Crippen LogP contribution is 2.57. The molecule has 0 aromatic heterocycles. The monoisotopic (exact) mass is 851 g/mol. The first-order valence-corrected chi connectivity index (χ1v) is 23.1. The zero-order valence-corrected chi connectivity index (χ0v) is 38.5. The molecule has 0 aromatic rings. The fourth-order valence-electron chi connectivity index (χ4n) is 11.7. The van der Waals surface area contributed by atoms with Crippen LogP contribution in [0.4, 0.5) is 0 Å². The van der Waals surface area contributed by atoms with Gasteiger partial charge < -0.3 is 53.2 Å². The van der Waals surface area contributed by atoms with Gasteiger partial charge in [-0.3, -0.25) is 9.59 Å². The number of hydrogen-bond donors (Lipinski definition) is 3. The summed E-state index contributed by atoms with van der Waals surface area (Å²) in [4.78, 5) is 25.0. The van der Waals surface area contributed by atoms with E-state index < -0.39 is 53.7 Å². The molecule has 0 radical (unpaired) electrons. The normalized spacial score (nSPS) is 48.0. The summed E-state index contributed by atoms with van der Waals surface area (Å²) < 4.78 is 54.0. The van der Waals surface area contributed by atoms with Crippen molar-refractivity contribution in [3.8, 4) is 0 Å². The van der Waals surface area contributed by atoms with Crippen LogP contribution in [-0.4, -0.2) is 113 Å². The van der Waals surface area contributed by atoms with E-state index >= 15 is 0 Å². The van der Waals surface area contributed by atoms with Gasteiger partial charge >= 0.3 is 5.97 Å². The van der Waals surface area contributed by atoms with E-state index in [4.69, 9.17) is 37.9 Å². The van der Waals surface area contributed by atoms with Crippen molar-refractivity contribution in [2.45, 2.75) is 212 Å². The van der Waals surface area contributed by atoms with E-state index in [-0.39, 0.29) is 90.4 Å². The largest absolute Gasteiger partial charge is 0.481 e. The number of carbonyl (C=O) groups excluding carboxylic acids is 1. The molecule has 13 nitrogen and oxygen atoms in total. The number of Topliss-reactive ketones (excluding diaryl/α,β-unsaturated/α-hetero) is 1. The molecule has 0 amide bonds. The minimum atomic E-state index is -1.61. The SMILES string of the molecule is CO[C@H]1CC[C@H](O[C@@H]2C[C@@H]([C@@H](C)/C=C(\C)C(=O)[C@H](C)C[C@H](C)C(=O)O)O[C@@]3(CC[C@@](C)([C@H]4CC[C@@H](C)[C@@]5(O[C@@H]([C@H]6O[C@@](O)(CO)[C@H](C)C[C@@H]6C)C[C@@H]5C)O4)O3)[C@@H]2C)O[C@@H]1C. The average molecular weight is 851 g/mol. The summed E-state index contributed by atoms with van der Waals surface area (Å²) in [6, 6.07) is 0. The second kappa shape index (κ2) is 18.5. The van der Waals surface area contributed by atoms with Crippen molar-refractivity contribution < 1.29 is 62.8 Å². The first-order chi connectivity index (χ1) is 28.1. The van der Waals surface area contributed by atoms with E-state index in [1.165, 1.54) is 0 Å². The molecule has 0 aliphatic carbocycles. The standard InChI is InChI=1S/C47H78O13/c1-25(19-26(2)41(49)27(3)20-29(5)43(50)51)36-23-37(55-40-16-14-35(53-12)34(10)54-40)33(9)46(56-36)18-17-44(11,60-46)39-15-13-30(6)47(58-39)32(8)22-38(57-47)42-28(4)21-31(7)45(52,24-48)59-42/h19,25,27-40,42,48,52H,13-18,20-24H2,1-12H3,(H,50,51)/b26-19+/t25-,27+,28-,29-,30+,31+,32-,33+,34+,35-,36-,37+,38+,39+,40-,42-,44-,45-,46+,47+/m0/s1. The predicted molar refractivity (Wildman–Crippen MR) is 222 cm³/mol. The second-order valence-electron chi connectivity index (χ2n) is 20.5. The van der Waals surface area contributed by atoms with Gasteiger partial charge in [0, 0.05) is 61.9 Å². The molecule has 0 aromatic carbocycles. The van der Waals surface area contributed by atoms with Crippen LogP contribution >= 0.6 is 0 Å². The maximum absolute atomic E-state index is 13.5. The predicted octanol–water partition coefficient (Wildman–Crippen LogP) is 7.18. The van der Waals surface area contributed by atoms with Crippen molar-refractivity contribution >= 4 is 11.8 Å². The van der Waals surface area contributed by atoms with E-state index in [1.807, 2.05) is 26.8 Å². The number of hydrogen-bond acceptors (Lipinski definition) is 12. The van der Waals surface area contributed by atoms with Gasteiger partial charge in [-0.15, -0.1) is 0 Å². The first kappa shape index (κ1) is 47.9. The highest BCUT2D eigenvalue weighted by Gasteiger charge is 2.64. The average Bonchev–Trinajstić information content (AvgIpc) is 3.72. The van der Waals surface area contributed by atoms with Crippen molar-refractivity contribution in [3.63, 3.8) is 0 Å². The van der Waals surface area contributed by atoms with Gasteiger partial charge in [0.1, 0.15) is 0 Å². The highest BCUT2D eigenvalue weighted by atomic mass is 16.8.